The zero-order chi connectivity index (χ0) is 16.4. The first-order valence-corrected chi connectivity index (χ1v) is 7.59. The molecule has 7 nitrogen and oxygen atoms in total. The van der Waals surface area contributed by atoms with Crippen molar-refractivity contribution in [3.8, 4) is 0 Å². The second kappa shape index (κ2) is 6.27. The first-order valence-electron chi connectivity index (χ1n) is 6.78. The van der Waals surface area contributed by atoms with E-state index in [1.807, 2.05) is 0 Å². The Morgan fingerprint density at radius 1 is 1.36 bits per heavy atom. The van der Waals surface area contributed by atoms with Crippen molar-refractivity contribution in [2.24, 2.45) is 19.1 Å². The minimum Gasteiger partial charge on any atom is -0.462 e. The molecule has 0 aromatic carbocycles. The van der Waals surface area contributed by atoms with Crippen LogP contribution in [0.1, 0.15) is 38.3 Å². The highest BCUT2D eigenvalue weighted by molar-refractivity contribution is 7.11. The maximum Gasteiger partial charge on any atom is 0.350 e. The molecule has 0 saturated carbocycles. The van der Waals surface area contributed by atoms with E-state index in [4.69, 9.17) is 4.74 Å². The number of amides is 1. The topological polar surface area (TPSA) is 78.5 Å². The molecule has 0 radical (unpaired) electrons. The molecular weight excluding hydrogens is 304 g/mol. The lowest BCUT2D eigenvalue weighted by molar-refractivity contribution is 0.0530. The summed E-state index contributed by atoms with van der Waals surface area (Å²) in [4.78, 5) is 29.1. The molecule has 0 bridgehead atoms. The second-order valence-corrected chi connectivity index (χ2v) is 5.81. The van der Waals surface area contributed by atoms with E-state index >= 15 is 0 Å². The van der Waals surface area contributed by atoms with Gasteiger partial charge >= 0.3 is 5.97 Å². The standard InChI is InChI=1S/C14H18N4O3S/c1-6-21-13(20)11-9(3)18(5)14(22-11)15-12(19)10-8(2)7-17(4)16-10/h7H,6H2,1-5H3. The van der Waals surface area contributed by atoms with Crippen molar-refractivity contribution >= 4 is 23.2 Å². The number of ether oxygens (including phenoxy) is 1. The number of aromatic nitrogens is 3. The summed E-state index contributed by atoms with van der Waals surface area (Å²) in [5.74, 6) is -0.825. The molecule has 1 amide bonds. The van der Waals surface area contributed by atoms with Crippen molar-refractivity contribution in [1.82, 2.24) is 14.3 Å². The van der Waals surface area contributed by atoms with Crippen LogP contribution in [-0.2, 0) is 18.8 Å². The minimum atomic E-state index is -0.426. The summed E-state index contributed by atoms with van der Waals surface area (Å²) in [5.41, 5.74) is 1.79. The fourth-order valence-corrected chi connectivity index (χ4v) is 2.98. The molecule has 0 saturated heterocycles. The molecule has 2 rings (SSSR count). The molecule has 22 heavy (non-hydrogen) atoms. The van der Waals surface area contributed by atoms with E-state index in [9.17, 15) is 9.59 Å². The van der Waals surface area contributed by atoms with Gasteiger partial charge < -0.3 is 9.30 Å². The summed E-state index contributed by atoms with van der Waals surface area (Å²) < 4.78 is 8.28. The molecule has 0 atom stereocenters. The summed E-state index contributed by atoms with van der Waals surface area (Å²) in [5, 5.41) is 4.11. The predicted molar refractivity (Wildman–Crippen MR) is 81.8 cm³/mol. The van der Waals surface area contributed by atoms with Gasteiger partial charge in [0.1, 0.15) is 4.88 Å². The predicted octanol–water partition coefficient (Wildman–Crippen LogP) is 1.35. The van der Waals surface area contributed by atoms with E-state index in [0.717, 1.165) is 16.9 Å². The Bertz CT molecular complexity index is 798. The summed E-state index contributed by atoms with van der Waals surface area (Å²) in [6.07, 6.45) is 1.76. The molecule has 2 aromatic rings. The third-order valence-electron chi connectivity index (χ3n) is 3.18. The maximum atomic E-state index is 12.3. The summed E-state index contributed by atoms with van der Waals surface area (Å²) >= 11 is 1.14. The highest BCUT2D eigenvalue weighted by atomic mass is 32.1. The molecule has 0 N–H and O–H groups in total. The average molecular weight is 322 g/mol. The van der Waals surface area contributed by atoms with Crippen LogP contribution >= 0.6 is 11.3 Å². The first kappa shape index (κ1) is 16.2. The van der Waals surface area contributed by atoms with Crippen molar-refractivity contribution in [3.05, 3.63) is 32.8 Å². The number of nitrogens with zero attached hydrogens (tertiary/aromatic N) is 4. The lowest BCUT2D eigenvalue weighted by Crippen LogP contribution is -2.15. The van der Waals surface area contributed by atoms with Crippen molar-refractivity contribution in [1.29, 1.82) is 0 Å². The summed E-state index contributed by atoms with van der Waals surface area (Å²) in [7, 11) is 3.50. The van der Waals surface area contributed by atoms with Crippen molar-refractivity contribution < 1.29 is 14.3 Å². The Labute approximate surface area is 131 Å². The number of esters is 1. The fourth-order valence-electron chi connectivity index (χ4n) is 1.97. The Hall–Kier alpha value is -2.22. The number of carbonyl (C=O) groups is 2. The Balaban J connectivity index is 2.44. The third kappa shape index (κ3) is 3.01. The van der Waals surface area contributed by atoms with Gasteiger partial charge in [-0.25, -0.2) is 4.79 Å². The fraction of sp³-hybridized carbons (Fsp3) is 0.429. The number of thiazole rings is 1. The largest absolute Gasteiger partial charge is 0.462 e. The minimum absolute atomic E-state index is 0.304. The van der Waals surface area contributed by atoms with Gasteiger partial charge in [0, 0.05) is 31.5 Å². The van der Waals surface area contributed by atoms with Crippen LogP contribution in [0.2, 0.25) is 0 Å². The number of hydrogen-bond acceptors (Lipinski definition) is 5. The van der Waals surface area contributed by atoms with Crippen LogP contribution in [0.25, 0.3) is 0 Å². The third-order valence-corrected chi connectivity index (χ3v) is 4.40. The Kier molecular flexibility index (Phi) is 4.60. The van der Waals surface area contributed by atoms with Crippen LogP contribution in [0, 0.1) is 13.8 Å². The Morgan fingerprint density at radius 3 is 2.59 bits per heavy atom. The lowest BCUT2D eigenvalue weighted by Gasteiger charge is -2.00. The molecule has 8 heteroatoms. The molecule has 2 heterocycles. The molecule has 0 aliphatic heterocycles. The van der Waals surface area contributed by atoms with E-state index in [2.05, 4.69) is 10.1 Å². The van der Waals surface area contributed by atoms with Gasteiger partial charge in [-0.1, -0.05) is 11.3 Å². The highest BCUT2D eigenvalue weighted by Gasteiger charge is 2.18. The van der Waals surface area contributed by atoms with Crippen LogP contribution in [0.5, 0.6) is 0 Å². The van der Waals surface area contributed by atoms with Gasteiger partial charge in [0.25, 0.3) is 5.91 Å². The van der Waals surface area contributed by atoms with Gasteiger partial charge in [-0.05, 0) is 20.8 Å². The highest BCUT2D eigenvalue weighted by Crippen LogP contribution is 2.13. The SMILES string of the molecule is CCOC(=O)c1sc(=NC(=O)c2nn(C)cc2C)n(C)c1C. The van der Waals surface area contributed by atoms with E-state index in [1.54, 1.807) is 50.3 Å². The van der Waals surface area contributed by atoms with Gasteiger partial charge in [0.15, 0.2) is 10.5 Å². The van der Waals surface area contributed by atoms with Crippen molar-refractivity contribution in [2.45, 2.75) is 20.8 Å². The zero-order valence-corrected chi connectivity index (χ0v) is 14.0. The van der Waals surface area contributed by atoms with Crippen LogP contribution in [0.3, 0.4) is 0 Å². The molecule has 0 unspecified atom stereocenters. The smallest absolute Gasteiger partial charge is 0.350 e. The quantitative estimate of drug-likeness (QED) is 0.799. The normalized spacial score (nSPS) is 11.8. The van der Waals surface area contributed by atoms with Crippen LogP contribution < -0.4 is 4.80 Å². The zero-order valence-electron chi connectivity index (χ0n) is 13.2. The van der Waals surface area contributed by atoms with Gasteiger partial charge in [-0.15, -0.1) is 0 Å². The van der Waals surface area contributed by atoms with Crippen LogP contribution in [0.15, 0.2) is 11.2 Å². The molecule has 118 valence electrons. The van der Waals surface area contributed by atoms with Crippen molar-refractivity contribution in [3.63, 3.8) is 0 Å². The van der Waals surface area contributed by atoms with E-state index < -0.39 is 11.9 Å². The van der Waals surface area contributed by atoms with E-state index in [-0.39, 0.29) is 0 Å². The number of aryl methyl sites for hydroxylation is 2. The van der Waals surface area contributed by atoms with Crippen LogP contribution in [-0.4, -0.2) is 32.8 Å². The van der Waals surface area contributed by atoms with Gasteiger partial charge in [0.2, 0.25) is 0 Å². The van der Waals surface area contributed by atoms with E-state index in [0.29, 0.717) is 27.7 Å². The summed E-state index contributed by atoms with van der Waals surface area (Å²) in [6, 6.07) is 0. The molecule has 0 fully saturated rings. The first-order chi connectivity index (χ1) is 10.3. The number of rotatable bonds is 3. The average Bonchev–Trinajstić information content (AvgIpc) is 2.93. The Morgan fingerprint density at radius 2 is 2.05 bits per heavy atom. The monoisotopic (exact) mass is 322 g/mol. The molecule has 0 aliphatic rings. The van der Waals surface area contributed by atoms with Gasteiger partial charge in [-0.2, -0.15) is 10.1 Å². The van der Waals surface area contributed by atoms with Gasteiger partial charge in [0.05, 0.1) is 6.61 Å². The number of hydrogen-bond donors (Lipinski definition) is 0. The van der Waals surface area contributed by atoms with Crippen LogP contribution in [0.4, 0.5) is 0 Å². The second-order valence-electron chi connectivity index (χ2n) is 4.83. The molecule has 2 aromatic heterocycles. The maximum absolute atomic E-state index is 12.3. The lowest BCUT2D eigenvalue weighted by atomic mass is 10.3. The molecular formula is C14H18N4O3S. The van der Waals surface area contributed by atoms with E-state index in [1.165, 1.54) is 0 Å². The van der Waals surface area contributed by atoms with Crippen molar-refractivity contribution in [2.75, 3.05) is 6.61 Å². The molecule has 0 aliphatic carbocycles. The summed E-state index contributed by atoms with van der Waals surface area (Å²) in [6.45, 7) is 5.65. The number of carbonyl (C=O) groups excluding carboxylic acids is 2. The van der Waals surface area contributed by atoms with Gasteiger partial charge in [-0.3, -0.25) is 9.48 Å². The molecule has 0 spiro atoms.